The van der Waals surface area contributed by atoms with Gasteiger partial charge in [0.1, 0.15) is 6.54 Å². The largest absolute Gasteiger partial charge is 0.333 e. The van der Waals surface area contributed by atoms with E-state index in [1.165, 1.54) is 17.0 Å². The zero-order valence-electron chi connectivity index (χ0n) is 19.1. The quantitative estimate of drug-likeness (QED) is 0.320. The Kier molecular flexibility index (Phi) is 6.34. The van der Waals surface area contributed by atoms with Crippen LogP contribution in [0, 0.1) is 0 Å². The summed E-state index contributed by atoms with van der Waals surface area (Å²) in [7, 11) is 0. The number of carbonyl (C=O) groups is 1. The van der Waals surface area contributed by atoms with Crippen LogP contribution >= 0.6 is 0 Å². The molecule has 0 saturated carbocycles. The average Bonchev–Trinajstić information content (AvgIpc) is 3.33. The fourth-order valence-corrected chi connectivity index (χ4v) is 3.86. The summed E-state index contributed by atoms with van der Waals surface area (Å²) in [4.78, 5) is 51.9. The van der Waals surface area contributed by atoms with Gasteiger partial charge in [-0.15, -0.1) is 0 Å². The molecule has 1 amide bonds. The van der Waals surface area contributed by atoms with Crippen LogP contribution in [0.4, 0.5) is 5.95 Å². The molecule has 0 aliphatic heterocycles. The van der Waals surface area contributed by atoms with Crippen molar-refractivity contribution in [3.63, 3.8) is 0 Å². The molecule has 11 nitrogen and oxygen atoms in total. The van der Waals surface area contributed by atoms with E-state index in [-0.39, 0.29) is 23.7 Å². The van der Waals surface area contributed by atoms with Crippen LogP contribution in [-0.2, 0) is 24.4 Å². The van der Waals surface area contributed by atoms with Crippen LogP contribution in [0.2, 0.25) is 0 Å². The van der Waals surface area contributed by atoms with Gasteiger partial charge in [0.15, 0.2) is 11.2 Å². The molecule has 0 bridgehead atoms. The molecule has 0 unspecified atom stereocenters. The van der Waals surface area contributed by atoms with Gasteiger partial charge in [0.05, 0.1) is 12.9 Å². The summed E-state index contributed by atoms with van der Waals surface area (Å²) in [5.74, 6) is -0.433. The highest BCUT2D eigenvalue weighted by Gasteiger charge is 2.20. The Hall–Kier alpha value is -5.06. The molecule has 0 aliphatic rings. The number of hydrogen-bond donors (Lipinski definition) is 2. The third kappa shape index (κ3) is 4.75. The van der Waals surface area contributed by atoms with Gasteiger partial charge < -0.3 is 4.57 Å². The van der Waals surface area contributed by atoms with Crippen molar-refractivity contribution in [2.75, 3.05) is 5.43 Å². The molecular weight excluding hydrogens is 460 g/mol. The summed E-state index contributed by atoms with van der Waals surface area (Å²) in [6, 6.07) is 20.6. The highest BCUT2D eigenvalue weighted by molar-refractivity contribution is 5.77. The highest BCUT2D eigenvalue weighted by Crippen LogP contribution is 2.12. The second-order valence-electron chi connectivity index (χ2n) is 8.02. The first kappa shape index (κ1) is 22.7. The number of nitrogens with zero attached hydrogens (tertiary/aromatic N) is 6. The molecule has 3 aromatic heterocycles. The smallest absolute Gasteiger partial charge is 0.320 e. The van der Waals surface area contributed by atoms with Crippen molar-refractivity contribution in [3.05, 3.63) is 117 Å². The molecule has 3 heterocycles. The minimum absolute atomic E-state index is 0.177. The van der Waals surface area contributed by atoms with E-state index in [1.807, 2.05) is 60.7 Å². The van der Waals surface area contributed by atoms with Crippen molar-refractivity contribution in [2.45, 2.75) is 19.6 Å². The number of hydrogen-bond acceptors (Lipinski definition) is 7. The summed E-state index contributed by atoms with van der Waals surface area (Å²) in [5.41, 5.74) is 6.09. The second kappa shape index (κ2) is 10.1. The monoisotopic (exact) mass is 482 g/mol. The van der Waals surface area contributed by atoms with Gasteiger partial charge >= 0.3 is 5.69 Å². The van der Waals surface area contributed by atoms with Crippen LogP contribution in [-0.4, -0.2) is 34.6 Å². The maximum atomic E-state index is 13.5. The van der Waals surface area contributed by atoms with Crippen molar-refractivity contribution in [1.29, 1.82) is 0 Å². The molecule has 5 rings (SSSR count). The standard InChI is InChI=1S/C25H22N8O3/c34-20(29-30-24-26-12-7-13-27-24)16-33-23(35)21-22(28-17-31(21)14-18-8-3-1-4-9-18)32(25(33)36)15-19-10-5-2-6-11-19/h1-13,17H,14-16H2,(H,29,34)(H,26,27,30). The van der Waals surface area contributed by atoms with Gasteiger partial charge in [-0.05, 0) is 17.2 Å². The Morgan fingerprint density at radius 3 is 2.08 bits per heavy atom. The van der Waals surface area contributed by atoms with Crippen molar-refractivity contribution >= 4 is 23.0 Å². The fourth-order valence-electron chi connectivity index (χ4n) is 3.86. The van der Waals surface area contributed by atoms with E-state index in [2.05, 4.69) is 25.8 Å². The van der Waals surface area contributed by atoms with E-state index in [0.717, 1.165) is 15.7 Å². The lowest BCUT2D eigenvalue weighted by Crippen LogP contribution is -2.45. The van der Waals surface area contributed by atoms with Gasteiger partial charge in [0.25, 0.3) is 11.5 Å². The highest BCUT2D eigenvalue weighted by atomic mass is 16.2. The third-order valence-electron chi connectivity index (χ3n) is 5.54. The molecule has 0 atom stereocenters. The summed E-state index contributed by atoms with van der Waals surface area (Å²) in [6.07, 6.45) is 4.56. The summed E-state index contributed by atoms with van der Waals surface area (Å²) in [6.45, 7) is 0.0739. The fraction of sp³-hybridized carbons (Fsp3) is 0.120. The van der Waals surface area contributed by atoms with Crippen molar-refractivity contribution in [1.82, 2.24) is 34.1 Å². The van der Waals surface area contributed by atoms with Gasteiger partial charge in [0, 0.05) is 18.9 Å². The second-order valence-corrected chi connectivity index (χ2v) is 8.02. The number of nitrogens with one attached hydrogen (secondary N) is 2. The number of carbonyl (C=O) groups excluding carboxylic acids is 1. The molecule has 2 N–H and O–H groups in total. The lowest BCUT2D eigenvalue weighted by Gasteiger charge is -2.13. The normalized spacial score (nSPS) is 10.9. The zero-order chi connectivity index (χ0) is 24.9. The van der Waals surface area contributed by atoms with Crippen LogP contribution in [0.25, 0.3) is 11.2 Å². The predicted molar refractivity (Wildman–Crippen MR) is 133 cm³/mol. The Labute approximate surface area is 204 Å². The molecule has 0 aliphatic carbocycles. The van der Waals surface area contributed by atoms with E-state index in [9.17, 15) is 14.4 Å². The number of aromatic nitrogens is 6. The summed E-state index contributed by atoms with van der Waals surface area (Å²) >= 11 is 0. The first-order valence-corrected chi connectivity index (χ1v) is 11.2. The van der Waals surface area contributed by atoms with Crippen LogP contribution in [0.15, 0.2) is 95.0 Å². The van der Waals surface area contributed by atoms with Crippen LogP contribution in [0.3, 0.4) is 0 Å². The molecule has 0 radical (unpaired) electrons. The first-order chi connectivity index (χ1) is 17.6. The molecule has 11 heteroatoms. The minimum atomic E-state index is -0.632. The third-order valence-corrected chi connectivity index (χ3v) is 5.54. The molecule has 180 valence electrons. The molecule has 0 spiro atoms. The Morgan fingerprint density at radius 2 is 1.42 bits per heavy atom. The van der Waals surface area contributed by atoms with Gasteiger partial charge in [-0.25, -0.2) is 24.3 Å². The minimum Gasteiger partial charge on any atom is -0.320 e. The average molecular weight is 483 g/mol. The van der Waals surface area contributed by atoms with Gasteiger partial charge in [-0.3, -0.25) is 25.0 Å². The van der Waals surface area contributed by atoms with Crippen LogP contribution in [0.1, 0.15) is 11.1 Å². The number of rotatable bonds is 8. The Morgan fingerprint density at radius 1 is 0.778 bits per heavy atom. The van der Waals surface area contributed by atoms with E-state index in [1.54, 1.807) is 17.0 Å². The number of hydrazine groups is 1. The number of imidazole rings is 1. The number of fused-ring (bicyclic) bond motifs is 1. The summed E-state index contributed by atoms with van der Waals surface area (Å²) < 4.78 is 4.02. The lowest BCUT2D eigenvalue weighted by molar-refractivity contribution is -0.121. The first-order valence-electron chi connectivity index (χ1n) is 11.2. The predicted octanol–water partition coefficient (Wildman–Crippen LogP) is 1.39. The number of anilines is 1. The van der Waals surface area contributed by atoms with Crippen LogP contribution < -0.4 is 22.1 Å². The molecule has 2 aromatic carbocycles. The van der Waals surface area contributed by atoms with Crippen molar-refractivity contribution in [3.8, 4) is 0 Å². The Balaban J connectivity index is 1.55. The maximum absolute atomic E-state index is 13.5. The van der Waals surface area contributed by atoms with Crippen LogP contribution in [0.5, 0.6) is 0 Å². The van der Waals surface area contributed by atoms with E-state index in [4.69, 9.17) is 0 Å². The van der Waals surface area contributed by atoms with E-state index >= 15 is 0 Å². The number of amides is 1. The molecule has 5 aromatic rings. The van der Waals surface area contributed by atoms with E-state index in [0.29, 0.717) is 6.54 Å². The number of benzene rings is 2. The van der Waals surface area contributed by atoms with E-state index < -0.39 is 23.7 Å². The molecule has 36 heavy (non-hydrogen) atoms. The maximum Gasteiger partial charge on any atom is 0.333 e. The molecular formula is C25H22N8O3. The Bertz CT molecular complexity index is 1610. The lowest BCUT2D eigenvalue weighted by atomic mass is 10.2. The molecule has 0 fully saturated rings. The SMILES string of the molecule is O=C(Cn1c(=O)c2c(ncn2Cc2ccccc2)n(Cc2ccccc2)c1=O)NNc1ncccn1. The van der Waals surface area contributed by atoms with Gasteiger partial charge in [0.2, 0.25) is 5.95 Å². The topological polar surface area (TPSA) is 129 Å². The van der Waals surface area contributed by atoms with Gasteiger partial charge in [-0.2, -0.15) is 0 Å². The summed E-state index contributed by atoms with van der Waals surface area (Å²) in [5, 5.41) is 0. The van der Waals surface area contributed by atoms with Crippen molar-refractivity contribution in [2.24, 2.45) is 0 Å². The van der Waals surface area contributed by atoms with Gasteiger partial charge in [-0.1, -0.05) is 60.7 Å². The van der Waals surface area contributed by atoms with Crippen molar-refractivity contribution < 1.29 is 4.79 Å². The molecule has 0 saturated heterocycles. The zero-order valence-corrected chi connectivity index (χ0v) is 19.1.